The van der Waals surface area contributed by atoms with Gasteiger partial charge in [-0.3, -0.25) is 4.79 Å². The molecule has 3 nitrogen and oxygen atoms in total. The predicted octanol–water partition coefficient (Wildman–Crippen LogP) is 1.47. The van der Waals surface area contributed by atoms with E-state index in [0.29, 0.717) is 5.92 Å². The summed E-state index contributed by atoms with van der Waals surface area (Å²) in [4.78, 5) is 13.9. The van der Waals surface area contributed by atoms with Gasteiger partial charge in [0.25, 0.3) is 0 Å². The Morgan fingerprint density at radius 1 is 1.35 bits per heavy atom. The minimum absolute atomic E-state index is 0.194. The summed E-state index contributed by atoms with van der Waals surface area (Å²) in [6.45, 7) is 1.64. The zero-order valence-corrected chi connectivity index (χ0v) is 10.5. The first kappa shape index (κ1) is 12.1. The second-order valence-corrected chi connectivity index (χ2v) is 4.95. The van der Waals surface area contributed by atoms with Crippen LogP contribution in [-0.4, -0.2) is 38.0 Å². The van der Waals surface area contributed by atoms with Crippen molar-refractivity contribution in [3.05, 3.63) is 35.9 Å². The molecular formula is C14H20N2O. The fourth-order valence-electron chi connectivity index (χ4n) is 2.09. The zero-order chi connectivity index (χ0) is 12.3. The summed E-state index contributed by atoms with van der Waals surface area (Å²) in [5.41, 5.74) is 1.29. The van der Waals surface area contributed by atoms with E-state index in [0.717, 1.165) is 19.5 Å². The van der Waals surface area contributed by atoms with Crippen LogP contribution in [0.25, 0.3) is 0 Å². The molecule has 0 saturated heterocycles. The second-order valence-electron chi connectivity index (χ2n) is 4.95. The molecule has 0 unspecified atom stereocenters. The van der Waals surface area contributed by atoms with Gasteiger partial charge in [0.1, 0.15) is 0 Å². The summed E-state index contributed by atoms with van der Waals surface area (Å²) in [6.07, 6.45) is 0.998. The van der Waals surface area contributed by atoms with E-state index in [-0.39, 0.29) is 11.8 Å². The maximum absolute atomic E-state index is 11.8. The SMILES string of the molecule is CN(C)CCNC(=O)[C@H]1C[C@@H]1c1ccccc1. The Bertz CT molecular complexity index is 375. The molecule has 1 aromatic carbocycles. The third-order valence-corrected chi connectivity index (χ3v) is 3.21. The highest BCUT2D eigenvalue weighted by atomic mass is 16.2. The average molecular weight is 232 g/mol. The Balaban J connectivity index is 1.77. The summed E-state index contributed by atoms with van der Waals surface area (Å²) in [5, 5.41) is 3.00. The van der Waals surface area contributed by atoms with Crippen LogP contribution in [0.3, 0.4) is 0 Å². The molecule has 1 aliphatic carbocycles. The number of benzene rings is 1. The Morgan fingerprint density at radius 2 is 2.06 bits per heavy atom. The van der Waals surface area contributed by atoms with Gasteiger partial charge in [-0.2, -0.15) is 0 Å². The number of carbonyl (C=O) groups excluding carboxylic acids is 1. The lowest BCUT2D eigenvalue weighted by molar-refractivity contribution is -0.122. The van der Waals surface area contributed by atoms with Crippen molar-refractivity contribution >= 4 is 5.91 Å². The Morgan fingerprint density at radius 3 is 2.71 bits per heavy atom. The molecule has 0 radical (unpaired) electrons. The smallest absolute Gasteiger partial charge is 0.223 e. The maximum atomic E-state index is 11.8. The van der Waals surface area contributed by atoms with Crippen molar-refractivity contribution in [2.45, 2.75) is 12.3 Å². The highest BCUT2D eigenvalue weighted by Gasteiger charge is 2.43. The Labute approximate surface area is 103 Å². The van der Waals surface area contributed by atoms with Gasteiger partial charge in [-0.15, -0.1) is 0 Å². The van der Waals surface area contributed by atoms with Crippen molar-refractivity contribution in [3.63, 3.8) is 0 Å². The van der Waals surface area contributed by atoms with Crippen LogP contribution in [0, 0.1) is 5.92 Å². The van der Waals surface area contributed by atoms with Crippen LogP contribution in [-0.2, 0) is 4.79 Å². The van der Waals surface area contributed by atoms with Crippen molar-refractivity contribution in [1.29, 1.82) is 0 Å². The first-order chi connectivity index (χ1) is 8.18. The van der Waals surface area contributed by atoms with Crippen LogP contribution in [0.4, 0.5) is 0 Å². The molecule has 0 aromatic heterocycles. The number of likely N-dealkylation sites (N-methyl/N-ethyl adjacent to an activating group) is 1. The van der Waals surface area contributed by atoms with Crippen LogP contribution in [0.15, 0.2) is 30.3 Å². The van der Waals surface area contributed by atoms with Crippen molar-refractivity contribution in [3.8, 4) is 0 Å². The van der Waals surface area contributed by atoms with Crippen LogP contribution in [0.1, 0.15) is 17.9 Å². The van der Waals surface area contributed by atoms with Gasteiger partial charge < -0.3 is 10.2 Å². The highest BCUT2D eigenvalue weighted by Crippen LogP contribution is 2.47. The van der Waals surface area contributed by atoms with E-state index in [1.165, 1.54) is 5.56 Å². The topological polar surface area (TPSA) is 32.3 Å². The van der Waals surface area contributed by atoms with E-state index < -0.39 is 0 Å². The van der Waals surface area contributed by atoms with E-state index in [1.807, 2.05) is 32.3 Å². The van der Waals surface area contributed by atoms with Gasteiger partial charge >= 0.3 is 0 Å². The molecule has 2 atom stereocenters. The lowest BCUT2D eigenvalue weighted by Crippen LogP contribution is -2.32. The fraction of sp³-hybridized carbons (Fsp3) is 0.500. The van der Waals surface area contributed by atoms with Crippen LogP contribution in [0.5, 0.6) is 0 Å². The van der Waals surface area contributed by atoms with E-state index in [9.17, 15) is 4.79 Å². The Kier molecular flexibility index (Phi) is 3.79. The van der Waals surface area contributed by atoms with Crippen LogP contribution < -0.4 is 5.32 Å². The van der Waals surface area contributed by atoms with Gasteiger partial charge in [0.05, 0.1) is 0 Å². The first-order valence-corrected chi connectivity index (χ1v) is 6.16. The summed E-state index contributed by atoms with van der Waals surface area (Å²) < 4.78 is 0. The second kappa shape index (κ2) is 5.32. The molecule has 0 spiro atoms. The van der Waals surface area contributed by atoms with Gasteiger partial charge in [0.2, 0.25) is 5.91 Å². The fourth-order valence-corrected chi connectivity index (χ4v) is 2.09. The van der Waals surface area contributed by atoms with Gasteiger partial charge in [0, 0.05) is 19.0 Å². The van der Waals surface area contributed by atoms with E-state index in [2.05, 4.69) is 22.3 Å². The summed E-state index contributed by atoms with van der Waals surface area (Å²) in [6, 6.07) is 10.3. The van der Waals surface area contributed by atoms with E-state index in [1.54, 1.807) is 0 Å². The largest absolute Gasteiger partial charge is 0.355 e. The van der Waals surface area contributed by atoms with Gasteiger partial charge in [-0.1, -0.05) is 30.3 Å². The molecule has 17 heavy (non-hydrogen) atoms. The molecule has 1 aliphatic rings. The lowest BCUT2D eigenvalue weighted by atomic mass is 10.1. The van der Waals surface area contributed by atoms with Crippen molar-refractivity contribution in [1.82, 2.24) is 10.2 Å². The quantitative estimate of drug-likeness (QED) is 0.833. The van der Waals surface area contributed by atoms with Crippen molar-refractivity contribution in [2.24, 2.45) is 5.92 Å². The average Bonchev–Trinajstić information content (AvgIpc) is 3.09. The van der Waals surface area contributed by atoms with Crippen LogP contribution in [0.2, 0.25) is 0 Å². The number of nitrogens with one attached hydrogen (secondary N) is 1. The number of hydrogen-bond donors (Lipinski definition) is 1. The normalized spacial score (nSPS) is 22.5. The molecule has 2 rings (SSSR count). The number of nitrogens with zero attached hydrogens (tertiary/aromatic N) is 1. The predicted molar refractivity (Wildman–Crippen MR) is 68.9 cm³/mol. The molecular weight excluding hydrogens is 212 g/mol. The molecule has 1 saturated carbocycles. The standard InChI is InChI=1S/C14H20N2O/c1-16(2)9-8-15-14(17)13-10-12(13)11-6-4-3-5-7-11/h3-7,12-13H,8-10H2,1-2H3,(H,15,17)/t12-,13+/m1/s1. The number of hydrogen-bond acceptors (Lipinski definition) is 2. The first-order valence-electron chi connectivity index (χ1n) is 6.16. The molecule has 1 fully saturated rings. The number of amides is 1. The minimum atomic E-state index is 0.194. The molecule has 1 amide bonds. The van der Waals surface area contributed by atoms with Gasteiger partial charge in [0.15, 0.2) is 0 Å². The number of rotatable bonds is 5. The molecule has 0 bridgehead atoms. The molecule has 1 aromatic rings. The van der Waals surface area contributed by atoms with Crippen molar-refractivity contribution in [2.75, 3.05) is 27.2 Å². The molecule has 3 heteroatoms. The van der Waals surface area contributed by atoms with Gasteiger partial charge in [-0.05, 0) is 32.0 Å². The third kappa shape index (κ3) is 3.30. The van der Waals surface area contributed by atoms with Gasteiger partial charge in [-0.25, -0.2) is 0 Å². The monoisotopic (exact) mass is 232 g/mol. The lowest BCUT2D eigenvalue weighted by Gasteiger charge is -2.10. The molecule has 0 heterocycles. The van der Waals surface area contributed by atoms with Crippen molar-refractivity contribution < 1.29 is 4.79 Å². The Hall–Kier alpha value is -1.35. The zero-order valence-electron chi connectivity index (χ0n) is 10.5. The highest BCUT2D eigenvalue weighted by molar-refractivity contribution is 5.82. The molecule has 1 N–H and O–H groups in total. The molecule has 0 aliphatic heterocycles. The number of carbonyl (C=O) groups is 1. The van der Waals surface area contributed by atoms with E-state index >= 15 is 0 Å². The summed E-state index contributed by atoms with van der Waals surface area (Å²) in [5.74, 6) is 0.843. The van der Waals surface area contributed by atoms with Crippen LogP contribution >= 0.6 is 0 Å². The summed E-state index contributed by atoms with van der Waals surface area (Å²) >= 11 is 0. The molecule has 92 valence electrons. The summed E-state index contributed by atoms with van der Waals surface area (Å²) in [7, 11) is 4.02. The van der Waals surface area contributed by atoms with E-state index in [4.69, 9.17) is 0 Å². The third-order valence-electron chi connectivity index (χ3n) is 3.21. The maximum Gasteiger partial charge on any atom is 0.223 e. The minimum Gasteiger partial charge on any atom is -0.355 e.